The standard InChI is InChI=1S/C12H17NO5/c1-17-10-5-6-11(13(15)16)12(9-10)18-8-4-2-3-7-14/h5-6,9,14H,2-4,7-8H2,1H3. The molecule has 0 bridgehead atoms. The zero-order chi connectivity index (χ0) is 13.4. The highest BCUT2D eigenvalue weighted by Crippen LogP contribution is 2.31. The Labute approximate surface area is 105 Å². The minimum Gasteiger partial charge on any atom is -0.497 e. The Balaban J connectivity index is 2.63. The second kappa shape index (κ2) is 7.50. The normalized spacial score (nSPS) is 10.1. The molecular formula is C12H17NO5. The molecule has 1 N–H and O–H groups in total. The highest BCUT2D eigenvalue weighted by molar-refractivity contribution is 5.50. The van der Waals surface area contributed by atoms with Crippen molar-refractivity contribution >= 4 is 5.69 Å². The average molecular weight is 255 g/mol. The summed E-state index contributed by atoms with van der Waals surface area (Å²) in [6.07, 6.45) is 2.28. The number of aliphatic hydroxyl groups excluding tert-OH is 1. The van der Waals surface area contributed by atoms with Crippen LogP contribution in [-0.4, -0.2) is 30.4 Å². The van der Waals surface area contributed by atoms with Gasteiger partial charge in [-0.3, -0.25) is 10.1 Å². The number of methoxy groups -OCH3 is 1. The van der Waals surface area contributed by atoms with Crippen LogP contribution in [0.25, 0.3) is 0 Å². The number of hydrogen-bond donors (Lipinski definition) is 1. The largest absolute Gasteiger partial charge is 0.497 e. The summed E-state index contributed by atoms with van der Waals surface area (Å²) in [6, 6.07) is 4.39. The minimum absolute atomic E-state index is 0.0713. The number of nitrogens with zero attached hydrogens (tertiary/aromatic N) is 1. The molecular weight excluding hydrogens is 238 g/mol. The van der Waals surface area contributed by atoms with Crippen LogP contribution < -0.4 is 9.47 Å². The topological polar surface area (TPSA) is 81.8 Å². The molecule has 0 aromatic heterocycles. The number of nitro benzene ring substituents is 1. The molecule has 18 heavy (non-hydrogen) atoms. The molecule has 100 valence electrons. The first-order valence-corrected chi connectivity index (χ1v) is 5.75. The maximum atomic E-state index is 10.8. The molecule has 0 unspecified atom stereocenters. The fraction of sp³-hybridized carbons (Fsp3) is 0.500. The summed E-state index contributed by atoms with van der Waals surface area (Å²) in [5.41, 5.74) is -0.0713. The summed E-state index contributed by atoms with van der Waals surface area (Å²) in [6.45, 7) is 0.535. The molecule has 0 aliphatic heterocycles. The van der Waals surface area contributed by atoms with Crippen molar-refractivity contribution in [1.82, 2.24) is 0 Å². The van der Waals surface area contributed by atoms with Gasteiger partial charge in [-0.15, -0.1) is 0 Å². The monoisotopic (exact) mass is 255 g/mol. The number of aliphatic hydroxyl groups is 1. The van der Waals surface area contributed by atoms with Gasteiger partial charge in [0.1, 0.15) is 5.75 Å². The van der Waals surface area contributed by atoms with Crippen molar-refractivity contribution in [2.24, 2.45) is 0 Å². The molecule has 1 aromatic rings. The Morgan fingerprint density at radius 1 is 1.33 bits per heavy atom. The first kappa shape index (κ1) is 14.2. The van der Waals surface area contributed by atoms with Crippen LogP contribution in [0.15, 0.2) is 18.2 Å². The van der Waals surface area contributed by atoms with E-state index in [4.69, 9.17) is 14.6 Å². The van der Waals surface area contributed by atoms with Gasteiger partial charge in [0, 0.05) is 18.7 Å². The van der Waals surface area contributed by atoms with E-state index in [9.17, 15) is 10.1 Å². The van der Waals surface area contributed by atoms with Crippen molar-refractivity contribution in [3.63, 3.8) is 0 Å². The second-order valence-corrected chi connectivity index (χ2v) is 3.72. The maximum absolute atomic E-state index is 10.8. The van der Waals surface area contributed by atoms with Crippen molar-refractivity contribution in [3.05, 3.63) is 28.3 Å². The van der Waals surface area contributed by atoms with Crippen molar-refractivity contribution in [2.45, 2.75) is 19.3 Å². The van der Waals surface area contributed by atoms with Crippen molar-refractivity contribution in [1.29, 1.82) is 0 Å². The molecule has 6 heteroatoms. The third kappa shape index (κ3) is 4.21. The van der Waals surface area contributed by atoms with E-state index in [1.54, 1.807) is 0 Å². The Kier molecular flexibility index (Phi) is 5.93. The Morgan fingerprint density at radius 2 is 2.11 bits per heavy atom. The lowest BCUT2D eigenvalue weighted by molar-refractivity contribution is -0.385. The molecule has 1 aromatic carbocycles. The Hall–Kier alpha value is -1.82. The van der Waals surface area contributed by atoms with Crippen LogP contribution >= 0.6 is 0 Å². The van der Waals surface area contributed by atoms with E-state index >= 15 is 0 Å². The van der Waals surface area contributed by atoms with E-state index in [0.717, 1.165) is 12.8 Å². The van der Waals surface area contributed by atoms with Gasteiger partial charge in [0.15, 0.2) is 0 Å². The fourth-order valence-electron chi connectivity index (χ4n) is 1.46. The van der Waals surface area contributed by atoms with Crippen molar-refractivity contribution in [3.8, 4) is 11.5 Å². The first-order chi connectivity index (χ1) is 8.69. The molecule has 0 fully saturated rings. The summed E-state index contributed by atoms with van der Waals surface area (Å²) in [5.74, 6) is 0.731. The molecule has 0 saturated heterocycles. The number of nitro groups is 1. The molecule has 0 atom stereocenters. The maximum Gasteiger partial charge on any atom is 0.311 e. The van der Waals surface area contributed by atoms with Gasteiger partial charge in [-0.1, -0.05) is 0 Å². The third-order valence-electron chi connectivity index (χ3n) is 2.42. The highest BCUT2D eigenvalue weighted by atomic mass is 16.6. The van der Waals surface area contributed by atoms with Gasteiger partial charge >= 0.3 is 5.69 Å². The third-order valence-corrected chi connectivity index (χ3v) is 2.42. The molecule has 6 nitrogen and oxygen atoms in total. The van der Waals surface area contributed by atoms with Crippen LogP contribution in [0.2, 0.25) is 0 Å². The summed E-state index contributed by atoms with van der Waals surface area (Å²) in [5, 5.41) is 19.4. The smallest absolute Gasteiger partial charge is 0.311 e. The molecule has 1 rings (SSSR count). The number of unbranched alkanes of at least 4 members (excludes halogenated alkanes) is 2. The van der Waals surface area contributed by atoms with E-state index in [0.29, 0.717) is 18.8 Å². The second-order valence-electron chi connectivity index (χ2n) is 3.72. The highest BCUT2D eigenvalue weighted by Gasteiger charge is 2.15. The van der Waals surface area contributed by atoms with Crippen LogP contribution in [0.3, 0.4) is 0 Å². The number of rotatable bonds is 8. The molecule has 0 heterocycles. The predicted molar refractivity (Wildman–Crippen MR) is 66.1 cm³/mol. The Morgan fingerprint density at radius 3 is 2.72 bits per heavy atom. The van der Waals surface area contributed by atoms with Gasteiger partial charge in [-0.05, 0) is 25.3 Å². The quantitative estimate of drug-likeness (QED) is 0.437. The van der Waals surface area contributed by atoms with Crippen LogP contribution in [0.1, 0.15) is 19.3 Å². The van der Waals surface area contributed by atoms with Crippen molar-refractivity contribution < 1.29 is 19.5 Å². The van der Waals surface area contributed by atoms with E-state index in [2.05, 4.69) is 0 Å². The van der Waals surface area contributed by atoms with Gasteiger partial charge < -0.3 is 14.6 Å². The van der Waals surface area contributed by atoms with Crippen LogP contribution in [0, 0.1) is 10.1 Å². The van der Waals surface area contributed by atoms with Gasteiger partial charge in [0.2, 0.25) is 5.75 Å². The minimum atomic E-state index is -0.484. The predicted octanol–water partition coefficient (Wildman–Crippen LogP) is 2.14. The number of hydrogen-bond acceptors (Lipinski definition) is 5. The lowest BCUT2D eigenvalue weighted by Gasteiger charge is -2.08. The number of benzene rings is 1. The summed E-state index contributed by atoms with van der Waals surface area (Å²) < 4.78 is 10.4. The summed E-state index contributed by atoms with van der Waals surface area (Å²) in [4.78, 5) is 10.3. The lowest BCUT2D eigenvalue weighted by atomic mass is 10.2. The zero-order valence-electron chi connectivity index (χ0n) is 10.3. The first-order valence-electron chi connectivity index (χ1n) is 5.75. The van der Waals surface area contributed by atoms with Gasteiger partial charge in [-0.2, -0.15) is 0 Å². The van der Waals surface area contributed by atoms with Gasteiger partial charge in [0.25, 0.3) is 0 Å². The van der Waals surface area contributed by atoms with E-state index in [-0.39, 0.29) is 18.0 Å². The number of ether oxygens (including phenoxy) is 2. The average Bonchev–Trinajstić information content (AvgIpc) is 2.38. The van der Waals surface area contributed by atoms with Gasteiger partial charge in [-0.25, -0.2) is 0 Å². The molecule has 0 saturated carbocycles. The zero-order valence-corrected chi connectivity index (χ0v) is 10.3. The molecule has 0 spiro atoms. The lowest BCUT2D eigenvalue weighted by Crippen LogP contribution is -2.01. The van der Waals surface area contributed by atoms with Gasteiger partial charge in [0.05, 0.1) is 18.6 Å². The van der Waals surface area contributed by atoms with E-state index in [1.807, 2.05) is 0 Å². The van der Waals surface area contributed by atoms with Crippen LogP contribution in [0.4, 0.5) is 5.69 Å². The molecule has 0 aliphatic carbocycles. The van der Waals surface area contributed by atoms with E-state index in [1.165, 1.54) is 25.3 Å². The van der Waals surface area contributed by atoms with Crippen LogP contribution in [-0.2, 0) is 0 Å². The molecule has 0 aliphatic rings. The van der Waals surface area contributed by atoms with Crippen LogP contribution in [0.5, 0.6) is 11.5 Å². The Bertz CT molecular complexity index is 394. The summed E-state index contributed by atoms with van der Waals surface area (Å²) >= 11 is 0. The van der Waals surface area contributed by atoms with Crippen molar-refractivity contribution in [2.75, 3.05) is 20.3 Å². The van der Waals surface area contributed by atoms with E-state index < -0.39 is 4.92 Å². The SMILES string of the molecule is COc1ccc([N+](=O)[O-])c(OCCCCCO)c1. The summed E-state index contributed by atoms with van der Waals surface area (Å²) in [7, 11) is 1.49. The fourth-order valence-corrected chi connectivity index (χ4v) is 1.46. The molecule has 0 radical (unpaired) electrons. The molecule has 0 amide bonds.